The second kappa shape index (κ2) is 3.37. The van der Waals surface area contributed by atoms with Crippen LogP contribution in [0.2, 0.25) is 0 Å². The first-order valence-corrected chi connectivity index (χ1v) is 3.86. The van der Waals surface area contributed by atoms with Gasteiger partial charge < -0.3 is 0 Å². The molecule has 0 aliphatic heterocycles. The summed E-state index contributed by atoms with van der Waals surface area (Å²) in [5.74, 6) is -0.0533. The Morgan fingerprint density at radius 2 is 2.60 bits per heavy atom. The molecule has 0 spiro atoms. The molecule has 0 aliphatic carbocycles. The van der Waals surface area contributed by atoms with Crippen molar-refractivity contribution in [3.63, 3.8) is 0 Å². The summed E-state index contributed by atoms with van der Waals surface area (Å²) in [6.45, 7) is 0. The van der Waals surface area contributed by atoms with Gasteiger partial charge in [0.25, 0.3) is 0 Å². The minimum atomic E-state index is -0.0533. The second-order valence-corrected chi connectivity index (χ2v) is 2.91. The van der Waals surface area contributed by atoms with Crippen LogP contribution in [-0.4, -0.2) is 13.0 Å². The average Bonchev–Trinajstić information content (AvgIpc) is 2.40. The zero-order valence-electron chi connectivity index (χ0n) is 5.70. The fraction of sp³-hybridized carbons (Fsp3) is 0.286. The number of hydrogen-bond donors (Lipinski definition) is 0. The summed E-state index contributed by atoms with van der Waals surface area (Å²) in [6, 6.07) is 3.87. The third-order valence-corrected chi connectivity index (χ3v) is 2.03. The Morgan fingerprint density at radius 3 is 3.10 bits per heavy atom. The van der Waals surface area contributed by atoms with Crippen molar-refractivity contribution in [2.45, 2.75) is 6.42 Å². The SMILES string of the molecule is C[N]C(=O)Cc1cccs1. The van der Waals surface area contributed by atoms with Gasteiger partial charge in [0, 0.05) is 11.9 Å². The largest absolute Gasteiger partial charge is 0.273 e. The number of carbonyl (C=O) groups is 1. The summed E-state index contributed by atoms with van der Waals surface area (Å²) in [4.78, 5) is 11.8. The molecule has 1 radical (unpaired) electrons. The number of hydrogen-bond acceptors (Lipinski definition) is 2. The van der Waals surface area contributed by atoms with Crippen molar-refractivity contribution in [2.75, 3.05) is 7.05 Å². The maximum atomic E-state index is 10.7. The van der Waals surface area contributed by atoms with E-state index in [1.54, 1.807) is 11.3 Å². The molecule has 10 heavy (non-hydrogen) atoms. The van der Waals surface area contributed by atoms with Crippen molar-refractivity contribution in [3.05, 3.63) is 22.4 Å². The molecule has 1 amide bonds. The van der Waals surface area contributed by atoms with Crippen LogP contribution in [0.5, 0.6) is 0 Å². The molecule has 1 rings (SSSR count). The standard InChI is InChI=1S/C7H8NOS/c1-8-7(9)5-6-3-2-4-10-6/h2-4H,5H2,1H3. The van der Waals surface area contributed by atoms with E-state index in [-0.39, 0.29) is 5.91 Å². The third kappa shape index (κ3) is 1.84. The average molecular weight is 154 g/mol. The highest BCUT2D eigenvalue weighted by Gasteiger charge is 2.00. The van der Waals surface area contributed by atoms with Crippen molar-refractivity contribution in [1.82, 2.24) is 5.32 Å². The monoisotopic (exact) mass is 154 g/mol. The third-order valence-electron chi connectivity index (χ3n) is 1.15. The first-order valence-electron chi connectivity index (χ1n) is 2.98. The minimum Gasteiger partial charge on any atom is -0.273 e. The number of rotatable bonds is 2. The zero-order chi connectivity index (χ0) is 7.40. The van der Waals surface area contributed by atoms with E-state index in [2.05, 4.69) is 5.32 Å². The number of amides is 1. The van der Waals surface area contributed by atoms with E-state index in [1.165, 1.54) is 7.05 Å². The van der Waals surface area contributed by atoms with Crippen molar-refractivity contribution in [3.8, 4) is 0 Å². The maximum absolute atomic E-state index is 10.7. The van der Waals surface area contributed by atoms with Gasteiger partial charge in [0.1, 0.15) is 0 Å². The maximum Gasteiger partial charge on any atom is 0.246 e. The van der Waals surface area contributed by atoms with E-state index in [0.717, 1.165) is 4.88 Å². The van der Waals surface area contributed by atoms with E-state index in [1.807, 2.05) is 17.5 Å². The number of thiophene rings is 1. The molecule has 0 unspecified atom stereocenters. The van der Waals surface area contributed by atoms with Crippen LogP contribution in [0.15, 0.2) is 17.5 Å². The quantitative estimate of drug-likeness (QED) is 0.626. The van der Waals surface area contributed by atoms with Gasteiger partial charge in [-0.3, -0.25) is 10.1 Å². The lowest BCUT2D eigenvalue weighted by Crippen LogP contribution is -2.11. The number of nitrogens with zero attached hydrogens (tertiary/aromatic N) is 1. The molecule has 0 bridgehead atoms. The van der Waals surface area contributed by atoms with E-state index < -0.39 is 0 Å². The van der Waals surface area contributed by atoms with Gasteiger partial charge in [-0.05, 0) is 11.4 Å². The Bertz CT molecular complexity index is 205. The smallest absolute Gasteiger partial charge is 0.246 e. The van der Waals surface area contributed by atoms with Crippen LogP contribution in [0, 0.1) is 0 Å². The number of likely N-dealkylation sites (N-methyl/N-ethyl adjacent to an activating group) is 1. The molecule has 1 aromatic heterocycles. The van der Waals surface area contributed by atoms with E-state index in [4.69, 9.17) is 0 Å². The van der Waals surface area contributed by atoms with Gasteiger partial charge in [-0.1, -0.05) is 6.07 Å². The van der Waals surface area contributed by atoms with Crippen molar-refractivity contribution >= 4 is 17.2 Å². The zero-order valence-corrected chi connectivity index (χ0v) is 6.52. The first-order chi connectivity index (χ1) is 4.83. The molecule has 0 saturated heterocycles. The van der Waals surface area contributed by atoms with Crippen LogP contribution in [0.1, 0.15) is 4.88 Å². The summed E-state index contributed by atoms with van der Waals surface area (Å²) >= 11 is 1.59. The van der Waals surface area contributed by atoms with Gasteiger partial charge in [0.15, 0.2) is 0 Å². The Hall–Kier alpha value is -0.830. The summed E-state index contributed by atoms with van der Waals surface area (Å²) in [5.41, 5.74) is 0. The lowest BCUT2D eigenvalue weighted by Gasteiger charge is -1.91. The van der Waals surface area contributed by atoms with Crippen LogP contribution in [-0.2, 0) is 11.2 Å². The molecule has 53 valence electrons. The lowest BCUT2D eigenvalue weighted by molar-refractivity contribution is -0.120. The molecule has 0 aromatic carbocycles. The highest BCUT2D eigenvalue weighted by Crippen LogP contribution is 2.08. The summed E-state index contributed by atoms with van der Waals surface area (Å²) in [5, 5.41) is 5.49. The van der Waals surface area contributed by atoms with Gasteiger partial charge in [0.05, 0.1) is 6.42 Å². The Balaban J connectivity index is 2.48. The Kier molecular flexibility index (Phi) is 2.45. The molecule has 1 heterocycles. The minimum absolute atomic E-state index is 0.0533. The van der Waals surface area contributed by atoms with Crippen molar-refractivity contribution in [2.24, 2.45) is 0 Å². The predicted molar refractivity (Wildman–Crippen MR) is 41.1 cm³/mol. The molecular weight excluding hydrogens is 146 g/mol. The van der Waals surface area contributed by atoms with Crippen LogP contribution < -0.4 is 5.32 Å². The van der Waals surface area contributed by atoms with Gasteiger partial charge >= 0.3 is 0 Å². The summed E-state index contributed by atoms with van der Waals surface area (Å²) in [6.07, 6.45) is 0.453. The van der Waals surface area contributed by atoms with Crippen LogP contribution in [0.4, 0.5) is 0 Å². The highest BCUT2D eigenvalue weighted by molar-refractivity contribution is 7.10. The molecule has 2 nitrogen and oxygen atoms in total. The first kappa shape index (κ1) is 7.28. The molecular formula is C7H8NOS. The summed E-state index contributed by atoms with van der Waals surface area (Å²) < 4.78 is 0. The van der Waals surface area contributed by atoms with Crippen LogP contribution in [0.3, 0.4) is 0 Å². The molecule has 1 aromatic rings. The normalized spacial score (nSPS) is 9.30. The van der Waals surface area contributed by atoms with Gasteiger partial charge in [-0.25, -0.2) is 0 Å². The van der Waals surface area contributed by atoms with E-state index in [0.29, 0.717) is 6.42 Å². The Morgan fingerprint density at radius 1 is 1.80 bits per heavy atom. The molecule has 0 aliphatic rings. The van der Waals surface area contributed by atoms with Crippen LogP contribution in [0.25, 0.3) is 0 Å². The predicted octanol–water partition coefficient (Wildman–Crippen LogP) is 1.05. The van der Waals surface area contributed by atoms with Gasteiger partial charge in [-0.2, -0.15) is 0 Å². The van der Waals surface area contributed by atoms with Crippen LogP contribution >= 0.6 is 11.3 Å². The fourth-order valence-electron chi connectivity index (χ4n) is 0.641. The van der Waals surface area contributed by atoms with E-state index >= 15 is 0 Å². The molecule has 0 atom stereocenters. The van der Waals surface area contributed by atoms with Crippen molar-refractivity contribution in [1.29, 1.82) is 0 Å². The fourth-order valence-corrected chi connectivity index (χ4v) is 1.34. The number of carbonyl (C=O) groups excluding carboxylic acids is 1. The molecule has 0 fully saturated rings. The highest BCUT2D eigenvalue weighted by atomic mass is 32.1. The second-order valence-electron chi connectivity index (χ2n) is 1.87. The Labute approximate surface area is 63.9 Å². The van der Waals surface area contributed by atoms with Gasteiger partial charge in [0.2, 0.25) is 5.91 Å². The van der Waals surface area contributed by atoms with Gasteiger partial charge in [-0.15, -0.1) is 11.3 Å². The molecule has 3 heteroatoms. The van der Waals surface area contributed by atoms with E-state index in [9.17, 15) is 4.79 Å². The lowest BCUT2D eigenvalue weighted by atomic mass is 10.3. The topological polar surface area (TPSA) is 31.2 Å². The molecule has 0 N–H and O–H groups in total. The molecule has 0 saturated carbocycles. The van der Waals surface area contributed by atoms with Crippen molar-refractivity contribution < 1.29 is 4.79 Å². The summed E-state index contributed by atoms with van der Waals surface area (Å²) in [7, 11) is 1.52.